The molecule has 0 amide bonds. The number of benzene rings is 1. The van der Waals surface area contributed by atoms with Crippen LogP contribution in [-0.2, 0) is 19.1 Å². The molecule has 0 heterocycles. The fraction of sp³-hybridized carbons (Fsp3) is 0.619. The standard InChI is InChI=1S/C21H31BrO5/c1-20(2,18(24)27-14-13-23)15-17(16-9-6-5-7-10-16)11-8-12-21(3,22)19(25)26-4/h5-7,9-10,17,23H,8,11-15H2,1-4H3. The molecule has 1 aromatic rings. The van der Waals surface area contributed by atoms with E-state index in [0.717, 1.165) is 18.4 Å². The summed E-state index contributed by atoms with van der Waals surface area (Å²) in [5.41, 5.74) is 0.491. The molecule has 0 spiro atoms. The normalized spacial score (nSPS) is 14.9. The van der Waals surface area contributed by atoms with Gasteiger partial charge in [-0.05, 0) is 51.5 Å². The zero-order valence-electron chi connectivity index (χ0n) is 16.7. The Labute approximate surface area is 170 Å². The summed E-state index contributed by atoms with van der Waals surface area (Å²) in [6.07, 6.45) is 2.90. The lowest BCUT2D eigenvalue weighted by molar-refractivity contribution is -0.155. The average Bonchev–Trinajstić information content (AvgIpc) is 2.64. The minimum absolute atomic E-state index is 0.0132. The maximum Gasteiger partial charge on any atom is 0.322 e. The number of ether oxygens (including phenoxy) is 2. The number of carbonyl (C=O) groups excluding carboxylic acids is 2. The minimum atomic E-state index is -0.710. The molecule has 152 valence electrons. The van der Waals surface area contributed by atoms with Gasteiger partial charge in [-0.2, -0.15) is 0 Å². The van der Waals surface area contributed by atoms with E-state index in [9.17, 15) is 9.59 Å². The summed E-state index contributed by atoms with van der Waals surface area (Å²) in [6, 6.07) is 10.1. The Morgan fingerprint density at radius 3 is 2.33 bits per heavy atom. The molecule has 0 bridgehead atoms. The van der Waals surface area contributed by atoms with Gasteiger partial charge in [0.15, 0.2) is 0 Å². The van der Waals surface area contributed by atoms with Gasteiger partial charge in [-0.1, -0.05) is 52.7 Å². The molecule has 1 rings (SSSR count). The Morgan fingerprint density at radius 1 is 1.15 bits per heavy atom. The van der Waals surface area contributed by atoms with Gasteiger partial charge in [0.05, 0.1) is 19.1 Å². The third-order valence-corrected chi connectivity index (χ3v) is 5.43. The average molecular weight is 443 g/mol. The number of rotatable bonds is 11. The molecule has 0 aliphatic carbocycles. The van der Waals surface area contributed by atoms with E-state index in [4.69, 9.17) is 14.6 Å². The fourth-order valence-electron chi connectivity index (χ4n) is 3.14. The zero-order chi connectivity index (χ0) is 20.5. The lowest BCUT2D eigenvalue weighted by Gasteiger charge is -2.29. The molecule has 0 saturated carbocycles. The van der Waals surface area contributed by atoms with Crippen molar-refractivity contribution >= 4 is 27.9 Å². The van der Waals surface area contributed by atoms with Crippen molar-refractivity contribution in [2.75, 3.05) is 20.3 Å². The van der Waals surface area contributed by atoms with E-state index in [0.29, 0.717) is 12.8 Å². The molecule has 0 aromatic heterocycles. The maximum atomic E-state index is 12.3. The largest absolute Gasteiger partial charge is 0.468 e. The van der Waals surface area contributed by atoms with Crippen LogP contribution in [0.3, 0.4) is 0 Å². The van der Waals surface area contributed by atoms with Crippen LogP contribution in [0.15, 0.2) is 30.3 Å². The van der Waals surface area contributed by atoms with E-state index in [1.54, 1.807) is 0 Å². The predicted molar refractivity (Wildman–Crippen MR) is 109 cm³/mol. The number of alkyl halides is 1. The number of aliphatic hydroxyl groups excluding tert-OH is 1. The number of halogens is 1. The monoisotopic (exact) mass is 442 g/mol. The van der Waals surface area contributed by atoms with E-state index < -0.39 is 9.74 Å². The maximum absolute atomic E-state index is 12.3. The number of carbonyl (C=O) groups is 2. The second-order valence-corrected chi connectivity index (χ2v) is 9.39. The molecular formula is C21H31BrO5. The molecule has 5 nitrogen and oxygen atoms in total. The molecule has 0 aliphatic rings. The second kappa shape index (κ2) is 10.8. The Bertz CT molecular complexity index is 598. The topological polar surface area (TPSA) is 72.8 Å². The first-order valence-electron chi connectivity index (χ1n) is 9.24. The summed E-state index contributed by atoms with van der Waals surface area (Å²) in [4.78, 5) is 24.2. The minimum Gasteiger partial charge on any atom is -0.468 e. The molecule has 1 N–H and O–H groups in total. The molecule has 2 unspecified atom stereocenters. The molecule has 0 saturated heterocycles. The van der Waals surface area contributed by atoms with E-state index >= 15 is 0 Å². The molecule has 6 heteroatoms. The lowest BCUT2D eigenvalue weighted by atomic mass is 9.77. The summed E-state index contributed by atoms with van der Waals surface area (Å²) in [6.45, 7) is 5.38. The van der Waals surface area contributed by atoms with Gasteiger partial charge in [0.25, 0.3) is 0 Å². The summed E-state index contributed by atoms with van der Waals surface area (Å²) in [7, 11) is 1.38. The first-order chi connectivity index (χ1) is 12.6. The van der Waals surface area contributed by atoms with Crippen LogP contribution in [0.2, 0.25) is 0 Å². The third kappa shape index (κ3) is 7.62. The molecule has 1 aromatic carbocycles. The van der Waals surface area contributed by atoms with E-state index in [1.165, 1.54) is 7.11 Å². The summed E-state index contributed by atoms with van der Waals surface area (Å²) in [5.74, 6) is -0.437. The molecule has 0 fully saturated rings. The van der Waals surface area contributed by atoms with Gasteiger partial charge in [-0.3, -0.25) is 9.59 Å². The SMILES string of the molecule is COC(=O)C(C)(Br)CCCC(CC(C)(C)C(=O)OCCO)c1ccccc1. The van der Waals surface area contributed by atoms with Crippen molar-refractivity contribution in [2.24, 2.45) is 5.41 Å². The summed E-state index contributed by atoms with van der Waals surface area (Å²) in [5, 5.41) is 8.88. The molecule has 27 heavy (non-hydrogen) atoms. The van der Waals surface area contributed by atoms with Crippen molar-refractivity contribution in [1.29, 1.82) is 0 Å². The van der Waals surface area contributed by atoms with E-state index in [1.807, 2.05) is 39.0 Å². The zero-order valence-corrected chi connectivity index (χ0v) is 18.3. The van der Waals surface area contributed by atoms with Crippen molar-refractivity contribution < 1.29 is 24.2 Å². The van der Waals surface area contributed by atoms with Crippen LogP contribution >= 0.6 is 15.9 Å². The quantitative estimate of drug-likeness (QED) is 0.410. The van der Waals surface area contributed by atoms with Gasteiger partial charge in [0.1, 0.15) is 10.9 Å². The smallest absolute Gasteiger partial charge is 0.322 e. The first-order valence-corrected chi connectivity index (χ1v) is 10.0. The van der Waals surface area contributed by atoms with Gasteiger partial charge in [-0.15, -0.1) is 0 Å². The van der Waals surface area contributed by atoms with Crippen LogP contribution in [0.4, 0.5) is 0 Å². The summed E-state index contributed by atoms with van der Waals surface area (Å²) >= 11 is 3.45. The fourth-order valence-corrected chi connectivity index (χ4v) is 3.58. The van der Waals surface area contributed by atoms with Crippen LogP contribution in [-0.4, -0.2) is 41.7 Å². The van der Waals surface area contributed by atoms with Crippen LogP contribution in [0, 0.1) is 5.41 Å². The van der Waals surface area contributed by atoms with Crippen LogP contribution < -0.4 is 0 Å². The number of methoxy groups -OCH3 is 1. The molecule has 2 atom stereocenters. The van der Waals surface area contributed by atoms with Crippen LogP contribution in [0.25, 0.3) is 0 Å². The summed E-state index contributed by atoms with van der Waals surface area (Å²) < 4.78 is 9.27. The van der Waals surface area contributed by atoms with Gasteiger partial charge < -0.3 is 14.6 Å². The molecular weight excluding hydrogens is 412 g/mol. The van der Waals surface area contributed by atoms with Gasteiger partial charge in [-0.25, -0.2) is 0 Å². The van der Waals surface area contributed by atoms with E-state index in [-0.39, 0.29) is 31.1 Å². The highest BCUT2D eigenvalue weighted by molar-refractivity contribution is 9.10. The molecule has 0 aliphatic heterocycles. The molecule has 0 radical (unpaired) electrons. The van der Waals surface area contributed by atoms with Crippen LogP contribution in [0.1, 0.15) is 57.9 Å². The van der Waals surface area contributed by atoms with Crippen LogP contribution in [0.5, 0.6) is 0 Å². The Balaban J connectivity index is 2.83. The highest BCUT2D eigenvalue weighted by Crippen LogP contribution is 2.37. The van der Waals surface area contributed by atoms with Crippen molar-refractivity contribution in [3.63, 3.8) is 0 Å². The van der Waals surface area contributed by atoms with Crippen molar-refractivity contribution in [3.05, 3.63) is 35.9 Å². The van der Waals surface area contributed by atoms with E-state index in [2.05, 4.69) is 28.1 Å². The van der Waals surface area contributed by atoms with Crippen molar-refractivity contribution in [1.82, 2.24) is 0 Å². The predicted octanol–water partition coefficient (Wildman–Crippen LogP) is 4.22. The Morgan fingerprint density at radius 2 is 1.78 bits per heavy atom. The Hall–Kier alpha value is -1.40. The lowest BCUT2D eigenvalue weighted by Crippen LogP contribution is -2.31. The highest BCUT2D eigenvalue weighted by Gasteiger charge is 2.34. The van der Waals surface area contributed by atoms with Gasteiger partial charge in [0, 0.05) is 0 Å². The highest BCUT2D eigenvalue weighted by atomic mass is 79.9. The van der Waals surface area contributed by atoms with Gasteiger partial charge >= 0.3 is 11.9 Å². The number of esters is 2. The number of hydrogen-bond donors (Lipinski definition) is 1. The van der Waals surface area contributed by atoms with Gasteiger partial charge in [0.2, 0.25) is 0 Å². The number of hydrogen-bond acceptors (Lipinski definition) is 5. The second-order valence-electron chi connectivity index (χ2n) is 7.64. The van der Waals surface area contributed by atoms with Crippen molar-refractivity contribution in [3.8, 4) is 0 Å². The first kappa shape index (κ1) is 23.6. The Kier molecular flexibility index (Phi) is 9.47. The third-order valence-electron chi connectivity index (χ3n) is 4.71. The van der Waals surface area contributed by atoms with Crippen molar-refractivity contribution in [2.45, 2.75) is 56.7 Å². The number of aliphatic hydroxyl groups is 1.